The zero-order valence-corrected chi connectivity index (χ0v) is 28.6. The fourth-order valence-corrected chi connectivity index (χ4v) is 7.86. The Kier molecular flexibility index (Phi) is 8.07. The predicted molar refractivity (Wildman–Crippen MR) is 163 cm³/mol. The third-order valence-electron chi connectivity index (χ3n) is 8.19. The van der Waals surface area contributed by atoms with Gasteiger partial charge in [0.05, 0.1) is 18.6 Å². The van der Waals surface area contributed by atoms with Crippen LogP contribution in [0.4, 0.5) is 0 Å². The van der Waals surface area contributed by atoms with Crippen molar-refractivity contribution in [1.82, 2.24) is 0 Å². The number of fused-ring (bicyclic) bond motifs is 1. The summed E-state index contributed by atoms with van der Waals surface area (Å²) in [6.07, 6.45) is 0. The second-order valence-corrected chi connectivity index (χ2v) is 17.7. The van der Waals surface area contributed by atoms with Crippen molar-refractivity contribution in [3.05, 3.63) is 57.6 Å². The van der Waals surface area contributed by atoms with Crippen LogP contribution in [-0.2, 0) is 48.3 Å². The molecule has 0 aromatic heterocycles. The van der Waals surface area contributed by atoms with Gasteiger partial charge >= 0.3 is 22.0 Å². The summed E-state index contributed by atoms with van der Waals surface area (Å²) < 4.78 is 58.9. The van der Waals surface area contributed by atoms with Crippen LogP contribution < -0.4 is 9.26 Å². The molecular weight excluding hydrogens is 590 g/mol. The molecule has 5 rings (SSSR count). The van der Waals surface area contributed by atoms with Crippen LogP contribution in [0.25, 0.3) is 0 Å². The van der Waals surface area contributed by atoms with E-state index in [-0.39, 0.29) is 43.2 Å². The van der Waals surface area contributed by atoms with Crippen LogP contribution in [0.2, 0.25) is 0 Å². The third-order valence-corrected chi connectivity index (χ3v) is 10.2. The number of rotatable bonds is 3. The van der Waals surface area contributed by atoms with Gasteiger partial charge in [0.15, 0.2) is 0 Å². The second-order valence-electron chi connectivity index (χ2n) is 15.1. The van der Waals surface area contributed by atoms with Gasteiger partial charge in [0, 0.05) is 21.3 Å². The van der Waals surface area contributed by atoms with Crippen LogP contribution in [0, 0.1) is 12.3 Å². The average molecular weight is 634 g/mol. The number of ether oxygens (including phenoxy) is 1. The zero-order chi connectivity index (χ0) is 31.8. The maximum atomic E-state index is 13.7. The van der Waals surface area contributed by atoms with Gasteiger partial charge in [-0.15, -0.1) is 9.05 Å². The molecule has 0 amide bonds. The Morgan fingerprint density at radius 2 is 1.42 bits per heavy atom. The molecule has 2 saturated heterocycles. The number of phosphoric ester groups is 1. The summed E-state index contributed by atoms with van der Waals surface area (Å²) in [5.74, 6) is 0.0758. The highest BCUT2D eigenvalue weighted by atomic mass is 31.2. The van der Waals surface area contributed by atoms with Crippen molar-refractivity contribution in [2.45, 2.75) is 91.4 Å². The first-order chi connectivity index (χ1) is 19.7. The number of carbonyl (C=O) groups is 1. The minimum Gasteiger partial charge on any atom is -0.425 e. The Balaban J connectivity index is 1.53. The summed E-state index contributed by atoms with van der Waals surface area (Å²) in [6.45, 7) is 21.0. The summed E-state index contributed by atoms with van der Waals surface area (Å²) in [5, 5.41) is 0. The molecular formula is C32H43O9P2+. The number of aryl methyl sites for hydroxylation is 1. The molecule has 3 heterocycles. The van der Waals surface area contributed by atoms with Crippen LogP contribution in [0.5, 0.6) is 11.5 Å². The molecule has 11 heteroatoms. The number of carbonyl (C=O) groups excluding carboxylic acids is 1. The molecule has 0 saturated carbocycles. The minimum atomic E-state index is -4.00. The van der Waals surface area contributed by atoms with Crippen molar-refractivity contribution < 1.29 is 41.3 Å². The highest BCUT2D eigenvalue weighted by Crippen LogP contribution is 2.58. The second kappa shape index (κ2) is 10.8. The maximum Gasteiger partial charge on any atom is 0.697 e. The SMILES string of the molecule is Cc1cc(C2C(=O)Oc3c2cc(C(C)(C)C)cc3C(C)(C)C)cc(C(C)(C)C)c1OP1(=O)OCC2(CO[P+](=O)OC2)CO1. The molecule has 2 aromatic rings. The summed E-state index contributed by atoms with van der Waals surface area (Å²) in [7, 11) is -6.16. The van der Waals surface area contributed by atoms with Gasteiger partial charge in [0.1, 0.15) is 30.6 Å². The molecule has 0 N–H and O–H groups in total. The van der Waals surface area contributed by atoms with Gasteiger partial charge in [-0.05, 0) is 39.9 Å². The van der Waals surface area contributed by atoms with Gasteiger partial charge in [0.25, 0.3) is 0 Å². The molecule has 43 heavy (non-hydrogen) atoms. The summed E-state index contributed by atoms with van der Waals surface area (Å²) in [4.78, 5) is 13.6. The van der Waals surface area contributed by atoms with E-state index in [0.29, 0.717) is 17.1 Å². The predicted octanol–water partition coefficient (Wildman–Crippen LogP) is 8.16. The largest absolute Gasteiger partial charge is 0.697 e. The van der Waals surface area contributed by atoms with Gasteiger partial charge in [-0.3, -0.25) is 13.8 Å². The van der Waals surface area contributed by atoms with Crippen LogP contribution >= 0.6 is 16.1 Å². The van der Waals surface area contributed by atoms with Gasteiger partial charge in [-0.1, -0.05) is 86.6 Å². The van der Waals surface area contributed by atoms with E-state index in [1.807, 2.05) is 39.8 Å². The van der Waals surface area contributed by atoms with E-state index in [4.69, 9.17) is 27.4 Å². The first-order valence-corrected chi connectivity index (χ1v) is 17.1. The maximum absolute atomic E-state index is 13.7. The van der Waals surface area contributed by atoms with Crippen LogP contribution in [0.1, 0.15) is 102 Å². The van der Waals surface area contributed by atoms with Crippen molar-refractivity contribution >= 4 is 22.0 Å². The summed E-state index contributed by atoms with van der Waals surface area (Å²) >= 11 is 0. The Morgan fingerprint density at radius 1 is 0.837 bits per heavy atom. The topological polar surface area (TPSA) is 107 Å². The van der Waals surface area contributed by atoms with E-state index in [2.05, 4.69) is 53.7 Å². The van der Waals surface area contributed by atoms with E-state index in [9.17, 15) is 13.9 Å². The average Bonchev–Trinajstić information content (AvgIpc) is 3.22. The molecule has 1 unspecified atom stereocenters. The molecule has 0 aliphatic carbocycles. The number of phosphoric acid groups is 1. The molecule has 1 spiro atoms. The molecule has 2 aromatic carbocycles. The molecule has 3 aliphatic heterocycles. The van der Waals surface area contributed by atoms with E-state index in [1.54, 1.807) is 0 Å². The Hall–Kier alpha value is -2.12. The van der Waals surface area contributed by atoms with Crippen molar-refractivity contribution in [1.29, 1.82) is 0 Å². The van der Waals surface area contributed by atoms with Gasteiger partial charge in [0.2, 0.25) is 0 Å². The lowest BCUT2D eigenvalue weighted by atomic mass is 9.76. The Bertz CT molecular complexity index is 1500. The van der Waals surface area contributed by atoms with E-state index in [1.165, 1.54) is 0 Å². The molecule has 3 aliphatic rings. The molecule has 0 radical (unpaired) electrons. The molecule has 2 fully saturated rings. The van der Waals surface area contributed by atoms with E-state index in [0.717, 1.165) is 27.8 Å². The number of benzene rings is 2. The lowest BCUT2D eigenvalue weighted by Gasteiger charge is -2.37. The highest BCUT2D eigenvalue weighted by Gasteiger charge is 2.51. The quantitative estimate of drug-likeness (QED) is 0.188. The third kappa shape index (κ3) is 6.36. The number of hydrogen-bond acceptors (Lipinski definition) is 9. The van der Waals surface area contributed by atoms with Gasteiger partial charge in [-0.25, -0.2) is 4.57 Å². The normalized spacial score (nSPS) is 27.3. The fourth-order valence-electron chi connectivity index (χ4n) is 5.52. The lowest BCUT2D eigenvalue weighted by Crippen LogP contribution is -2.45. The number of esters is 1. The molecule has 1 atom stereocenters. The Labute approximate surface area is 255 Å². The number of hydrogen-bond donors (Lipinski definition) is 0. The van der Waals surface area contributed by atoms with E-state index < -0.39 is 32.8 Å². The van der Waals surface area contributed by atoms with Crippen LogP contribution in [0.3, 0.4) is 0 Å². The van der Waals surface area contributed by atoms with Crippen molar-refractivity contribution in [2.75, 3.05) is 26.4 Å². The zero-order valence-electron chi connectivity index (χ0n) is 26.8. The minimum absolute atomic E-state index is 0.00630. The molecule has 0 bridgehead atoms. The molecule has 234 valence electrons. The molecule has 9 nitrogen and oxygen atoms in total. The first kappa shape index (κ1) is 32.3. The highest BCUT2D eigenvalue weighted by molar-refractivity contribution is 7.49. The smallest absolute Gasteiger partial charge is 0.425 e. The monoisotopic (exact) mass is 633 g/mol. The standard InChI is InChI=1S/C32H43O9P2/c1-19-11-20(25-22-13-21(29(2,3)4)14-24(31(8,9)10)27(22)40-28(25)33)12-23(30(5,6)7)26(19)41-43(35)38-17-32(18-39-43)15-36-42(34)37-16-32/h11-14,25H,15-18H2,1-10H3/q+1. The summed E-state index contributed by atoms with van der Waals surface area (Å²) in [5.41, 5.74) is 3.70. The Morgan fingerprint density at radius 3 is 1.95 bits per heavy atom. The first-order valence-electron chi connectivity index (χ1n) is 14.6. The fraction of sp³-hybridized carbons (Fsp3) is 0.594. The van der Waals surface area contributed by atoms with Crippen molar-refractivity contribution in [3.63, 3.8) is 0 Å². The van der Waals surface area contributed by atoms with Crippen LogP contribution in [-0.4, -0.2) is 32.4 Å². The van der Waals surface area contributed by atoms with E-state index >= 15 is 0 Å². The summed E-state index contributed by atoms with van der Waals surface area (Å²) in [6, 6.07) is 8.10. The van der Waals surface area contributed by atoms with Crippen molar-refractivity contribution in [3.8, 4) is 11.5 Å². The lowest BCUT2D eigenvalue weighted by molar-refractivity contribution is -0.133. The van der Waals surface area contributed by atoms with Crippen molar-refractivity contribution in [2.24, 2.45) is 5.41 Å². The van der Waals surface area contributed by atoms with Crippen LogP contribution in [0.15, 0.2) is 24.3 Å². The van der Waals surface area contributed by atoms with Gasteiger partial charge in [-0.2, -0.15) is 0 Å². The van der Waals surface area contributed by atoms with Gasteiger partial charge < -0.3 is 9.26 Å².